The van der Waals surface area contributed by atoms with Gasteiger partial charge in [-0.25, -0.2) is 9.36 Å². The van der Waals surface area contributed by atoms with Gasteiger partial charge in [0, 0.05) is 12.7 Å². The first-order valence-electron chi connectivity index (χ1n) is 9.71. The Morgan fingerprint density at radius 2 is 1.71 bits per heavy atom. The quantitative estimate of drug-likeness (QED) is 0.532. The van der Waals surface area contributed by atoms with Crippen LogP contribution >= 0.6 is 11.6 Å². The number of carbonyl (C=O) groups excluding carboxylic acids is 1. The Bertz CT molecular complexity index is 1430. The van der Waals surface area contributed by atoms with E-state index in [0.717, 1.165) is 15.8 Å². The average Bonchev–Trinajstić information content (AvgIpc) is 3.03. The van der Waals surface area contributed by atoms with Gasteiger partial charge in [-0.05, 0) is 44.2 Å². The largest absolute Gasteiger partial charge is 0.342 e. The molecular weight excluding hydrogens is 416 g/mol. The molecule has 31 heavy (non-hydrogen) atoms. The lowest BCUT2D eigenvalue weighted by molar-refractivity contribution is -0.116. The second-order valence-electron chi connectivity index (χ2n) is 7.45. The molecule has 0 radical (unpaired) electrons. The summed E-state index contributed by atoms with van der Waals surface area (Å²) in [6.07, 6.45) is 0. The van der Waals surface area contributed by atoms with Gasteiger partial charge in [0.15, 0.2) is 0 Å². The molecule has 1 amide bonds. The molecule has 2 aromatic heterocycles. The van der Waals surface area contributed by atoms with Gasteiger partial charge >= 0.3 is 5.69 Å². The van der Waals surface area contributed by atoms with Crippen LogP contribution in [-0.4, -0.2) is 19.6 Å². The molecule has 0 aliphatic rings. The number of nitrogens with one attached hydrogen (secondary N) is 1. The number of aryl methyl sites for hydroxylation is 3. The number of fused-ring (bicyclic) bond motifs is 1. The average molecular weight is 437 g/mol. The molecule has 4 aromatic rings. The molecule has 0 fully saturated rings. The van der Waals surface area contributed by atoms with E-state index in [9.17, 15) is 14.4 Å². The molecule has 8 heteroatoms. The van der Waals surface area contributed by atoms with Gasteiger partial charge < -0.3 is 9.88 Å². The Morgan fingerprint density at radius 3 is 2.39 bits per heavy atom. The van der Waals surface area contributed by atoms with Crippen LogP contribution in [0, 0.1) is 13.8 Å². The molecule has 0 saturated carbocycles. The van der Waals surface area contributed by atoms with Crippen LogP contribution in [0.1, 0.15) is 11.3 Å². The first kappa shape index (κ1) is 20.7. The van der Waals surface area contributed by atoms with Crippen LogP contribution in [0.25, 0.3) is 16.7 Å². The fourth-order valence-electron chi connectivity index (χ4n) is 3.56. The Balaban J connectivity index is 1.88. The normalized spacial score (nSPS) is 11.1. The van der Waals surface area contributed by atoms with Crippen molar-refractivity contribution in [2.75, 3.05) is 5.32 Å². The SMILES string of the molecule is Cc1ccc(-n2c(=O)c3c(cc(C)n3C)n(CC(=O)Nc3ccccc3Cl)c2=O)cc1. The molecule has 2 aromatic carbocycles. The molecule has 1 N–H and O–H groups in total. The van der Waals surface area contributed by atoms with E-state index in [1.807, 2.05) is 26.0 Å². The number of aromatic nitrogens is 3. The maximum absolute atomic E-state index is 13.4. The van der Waals surface area contributed by atoms with Crippen molar-refractivity contribution in [3.63, 3.8) is 0 Å². The minimum absolute atomic E-state index is 0.268. The second-order valence-corrected chi connectivity index (χ2v) is 7.86. The van der Waals surface area contributed by atoms with Crippen molar-refractivity contribution in [2.24, 2.45) is 7.05 Å². The van der Waals surface area contributed by atoms with Gasteiger partial charge in [0.05, 0.1) is 21.9 Å². The minimum atomic E-state index is -0.582. The highest BCUT2D eigenvalue weighted by Crippen LogP contribution is 2.21. The van der Waals surface area contributed by atoms with E-state index >= 15 is 0 Å². The maximum Gasteiger partial charge on any atom is 0.336 e. The monoisotopic (exact) mass is 436 g/mol. The van der Waals surface area contributed by atoms with Gasteiger partial charge in [-0.1, -0.05) is 41.4 Å². The zero-order valence-electron chi connectivity index (χ0n) is 17.3. The highest BCUT2D eigenvalue weighted by atomic mass is 35.5. The van der Waals surface area contributed by atoms with E-state index < -0.39 is 17.2 Å². The Morgan fingerprint density at radius 1 is 1.03 bits per heavy atom. The molecule has 158 valence electrons. The van der Waals surface area contributed by atoms with Crippen molar-refractivity contribution in [3.05, 3.63) is 91.7 Å². The summed E-state index contributed by atoms with van der Waals surface area (Å²) in [5.74, 6) is -0.424. The first-order valence-corrected chi connectivity index (χ1v) is 10.1. The summed E-state index contributed by atoms with van der Waals surface area (Å²) < 4.78 is 4.14. The summed E-state index contributed by atoms with van der Waals surface area (Å²) in [5, 5.41) is 3.13. The number of rotatable bonds is 4. The number of nitrogens with zero attached hydrogens (tertiary/aromatic N) is 3. The number of anilines is 1. The molecule has 0 spiro atoms. The Hall–Kier alpha value is -3.58. The zero-order chi connectivity index (χ0) is 22.3. The third-order valence-corrected chi connectivity index (χ3v) is 5.64. The highest BCUT2D eigenvalue weighted by molar-refractivity contribution is 6.33. The van der Waals surface area contributed by atoms with E-state index in [2.05, 4.69) is 5.32 Å². The smallest absolute Gasteiger partial charge is 0.336 e. The minimum Gasteiger partial charge on any atom is -0.342 e. The molecule has 4 rings (SSSR count). The lowest BCUT2D eigenvalue weighted by Crippen LogP contribution is -2.41. The van der Waals surface area contributed by atoms with Crippen molar-refractivity contribution in [1.29, 1.82) is 0 Å². The summed E-state index contributed by atoms with van der Waals surface area (Å²) in [6.45, 7) is 3.50. The zero-order valence-corrected chi connectivity index (χ0v) is 18.1. The van der Waals surface area contributed by atoms with Gasteiger partial charge in [-0.3, -0.25) is 14.2 Å². The number of para-hydroxylation sites is 1. The summed E-state index contributed by atoms with van der Waals surface area (Å²) in [6, 6.07) is 15.7. The lowest BCUT2D eigenvalue weighted by atomic mass is 10.2. The first-order chi connectivity index (χ1) is 14.8. The second kappa shape index (κ2) is 7.92. The Labute approximate surface area is 183 Å². The van der Waals surface area contributed by atoms with Crippen molar-refractivity contribution >= 4 is 34.2 Å². The molecule has 7 nitrogen and oxygen atoms in total. The molecule has 0 aliphatic heterocycles. The predicted molar refractivity (Wildman–Crippen MR) is 122 cm³/mol. The van der Waals surface area contributed by atoms with Crippen LogP contribution in [-0.2, 0) is 18.4 Å². The standard InChI is InChI=1S/C23H21ClN4O3/c1-14-8-10-16(11-9-14)28-22(30)21-19(12-15(2)26(21)3)27(23(28)31)13-20(29)25-18-7-5-4-6-17(18)24/h4-12H,13H2,1-3H3,(H,25,29). The van der Waals surface area contributed by atoms with Gasteiger partial charge in [-0.15, -0.1) is 0 Å². The molecule has 0 atom stereocenters. The Kier molecular flexibility index (Phi) is 5.29. The van der Waals surface area contributed by atoms with Crippen LogP contribution < -0.4 is 16.6 Å². The maximum atomic E-state index is 13.4. The summed E-state index contributed by atoms with van der Waals surface area (Å²) in [4.78, 5) is 39.4. The van der Waals surface area contributed by atoms with Gasteiger partial charge in [-0.2, -0.15) is 0 Å². The molecule has 0 bridgehead atoms. The van der Waals surface area contributed by atoms with Gasteiger partial charge in [0.2, 0.25) is 5.91 Å². The summed E-state index contributed by atoms with van der Waals surface area (Å²) in [7, 11) is 1.76. The fourth-order valence-corrected chi connectivity index (χ4v) is 3.74. The van der Waals surface area contributed by atoms with Crippen LogP contribution in [0.15, 0.2) is 64.2 Å². The number of amides is 1. The van der Waals surface area contributed by atoms with E-state index in [0.29, 0.717) is 27.4 Å². The molecule has 0 saturated heterocycles. The van der Waals surface area contributed by atoms with Crippen LogP contribution in [0.2, 0.25) is 5.02 Å². The van der Waals surface area contributed by atoms with Gasteiger partial charge in [0.1, 0.15) is 12.1 Å². The number of hydrogen-bond acceptors (Lipinski definition) is 3. The van der Waals surface area contributed by atoms with E-state index in [1.165, 1.54) is 4.57 Å². The fraction of sp³-hybridized carbons (Fsp3) is 0.174. The molecule has 0 unspecified atom stereocenters. The van der Waals surface area contributed by atoms with E-state index in [1.54, 1.807) is 54.1 Å². The number of carbonyl (C=O) groups is 1. The number of halogens is 1. The van der Waals surface area contributed by atoms with Crippen LogP contribution in [0.4, 0.5) is 5.69 Å². The topological polar surface area (TPSA) is 78.0 Å². The lowest BCUT2D eigenvalue weighted by Gasteiger charge is -2.13. The number of hydrogen-bond donors (Lipinski definition) is 1. The van der Waals surface area contributed by atoms with Crippen LogP contribution in [0.3, 0.4) is 0 Å². The highest BCUT2D eigenvalue weighted by Gasteiger charge is 2.20. The van der Waals surface area contributed by atoms with Crippen molar-refractivity contribution in [1.82, 2.24) is 13.7 Å². The third-order valence-electron chi connectivity index (χ3n) is 5.31. The number of benzene rings is 2. The van der Waals surface area contributed by atoms with E-state index in [4.69, 9.17) is 11.6 Å². The van der Waals surface area contributed by atoms with Crippen molar-refractivity contribution < 1.29 is 4.79 Å². The van der Waals surface area contributed by atoms with E-state index in [-0.39, 0.29) is 6.54 Å². The third kappa shape index (κ3) is 3.68. The summed E-state index contributed by atoms with van der Waals surface area (Å²) in [5.41, 5.74) is 2.45. The molecule has 2 heterocycles. The predicted octanol–water partition coefficient (Wildman–Crippen LogP) is 3.40. The van der Waals surface area contributed by atoms with Gasteiger partial charge in [0.25, 0.3) is 5.56 Å². The van der Waals surface area contributed by atoms with Crippen molar-refractivity contribution in [2.45, 2.75) is 20.4 Å². The van der Waals surface area contributed by atoms with Crippen LogP contribution in [0.5, 0.6) is 0 Å². The molecule has 0 aliphatic carbocycles. The summed E-state index contributed by atoms with van der Waals surface area (Å²) >= 11 is 6.13. The molecular formula is C23H21ClN4O3. The van der Waals surface area contributed by atoms with Crippen molar-refractivity contribution in [3.8, 4) is 5.69 Å².